The summed E-state index contributed by atoms with van der Waals surface area (Å²) in [6.07, 6.45) is 0. The summed E-state index contributed by atoms with van der Waals surface area (Å²) in [5.41, 5.74) is 0.281. The van der Waals surface area contributed by atoms with E-state index in [1.54, 1.807) is 19.1 Å². The van der Waals surface area contributed by atoms with E-state index in [9.17, 15) is 14.7 Å². The molecule has 0 atom stereocenters. The summed E-state index contributed by atoms with van der Waals surface area (Å²) >= 11 is 0. The number of benzene rings is 1. The molecule has 0 saturated carbocycles. The molecule has 92 valence electrons. The zero-order valence-electron chi connectivity index (χ0n) is 9.43. The van der Waals surface area contributed by atoms with Gasteiger partial charge in [0.15, 0.2) is 5.69 Å². The molecule has 0 amide bonds. The van der Waals surface area contributed by atoms with Gasteiger partial charge in [-0.2, -0.15) is 0 Å². The maximum Gasteiger partial charge on any atom is 0.291 e. The third-order valence-electron chi connectivity index (χ3n) is 2.32. The first kappa shape index (κ1) is 11.8. The molecule has 2 rings (SSSR count). The average Bonchev–Trinajstić information content (AvgIpc) is 2.67. The zero-order valence-corrected chi connectivity index (χ0v) is 9.43. The Morgan fingerprint density at radius 3 is 2.56 bits per heavy atom. The molecular weight excluding hydrogens is 236 g/mol. The number of aromatic amines is 2. The van der Waals surface area contributed by atoms with Crippen molar-refractivity contribution in [1.29, 1.82) is 0 Å². The minimum atomic E-state index is -1.34. The molecular formula is C11H9N4O3-. The van der Waals surface area contributed by atoms with Crippen LogP contribution in [0.5, 0.6) is 0 Å². The maximum absolute atomic E-state index is 11.3. The van der Waals surface area contributed by atoms with E-state index in [4.69, 9.17) is 0 Å². The molecule has 0 bridgehead atoms. The Balaban J connectivity index is 2.41. The molecule has 0 saturated heterocycles. The fraction of sp³-hybridized carbons (Fsp3) is 0.0909. The van der Waals surface area contributed by atoms with Crippen LogP contribution in [0.2, 0.25) is 0 Å². The van der Waals surface area contributed by atoms with Crippen molar-refractivity contribution in [2.24, 2.45) is 10.2 Å². The number of carbonyl (C=O) groups is 1. The van der Waals surface area contributed by atoms with Gasteiger partial charge in [0.05, 0.1) is 17.4 Å². The van der Waals surface area contributed by atoms with E-state index in [-0.39, 0.29) is 16.9 Å². The highest BCUT2D eigenvalue weighted by atomic mass is 16.4. The lowest BCUT2D eigenvalue weighted by molar-refractivity contribution is -0.254. The summed E-state index contributed by atoms with van der Waals surface area (Å²) in [5, 5.41) is 23.3. The van der Waals surface area contributed by atoms with Gasteiger partial charge < -0.3 is 15.0 Å². The molecule has 0 fully saturated rings. The van der Waals surface area contributed by atoms with E-state index in [1.165, 1.54) is 12.1 Å². The maximum atomic E-state index is 11.3. The Kier molecular flexibility index (Phi) is 3.05. The number of nitrogens with zero attached hydrogens (tertiary/aromatic N) is 2. The first-order chi connectivity index (χ1) is 8.59. The molecule has 0 radical (unpaired) electrons. The molecule has 2 N–H and O–H groups in total. The Hall–Kier alpha value is -2.70. The third-order valence-corrected chi connectivity index (χ3v) is 2.32. The lowest BCUT2D eigenvalue weighted by atomic mass is 10.2. The van der Waals surface area contributed by atoms with E-state index in [1.807, 2.05) is 0 Å². The van der Waals surface area contributed by atoms with Crippen LogP contribution in [0.3, 0.4) is 0 Å². The lowest BCUT2D eigenvalue weighted by Crippen LogP contribution is -2.22. The van der Waals surface area contributed by atoms with Gasteiger partial charge in [0.1, 0.15) is 0 Å². The van der Waals surface area contributed by atoms with Gasteiger partial charge in [-0.15, -0.1) is 10.2 Å². The number of carboxylic acids is 1. The van der Waals surface area contributed by atoms with Crippen LogP contribution in [0, 0.1) is 6.92 Å². The monoisotopic (exact) mass is 245 g/mol. The fourth-order valence-electron chi connectivity index (χ4n) is 1.40. The van der Waals surface area contributed by atoms with E-state index < -0.39 is 11.5 Å². The van der Waals surface area contributed by atoms with Crippen molar-refractivity contribution in [2.45, 2.75) is 6.92 Å². The standard InChI is InChI=1S/C11H10N4O3/c1-6-9(10(16)15-12-6)14-13-8-5-3-2-4-7(8)11(17)18/h2-5H,1H3,(H,17,18)(H2,12,15,16)/p-1. The quantitative estimate of drug-likeness (QED) is 0.779. The predicted octanol–water partition coefficient (Wildman–Crippen LogP) is 0.790. The fourth-order valence-corrected chi connectivity index (χ4v) is 1.40. The molecule has 2 aromatic rings. The number of nitrogens with one attached hydrogen (secondary N) is 2. The normalized spacial score (nSPS) is 10.9. The van der Waals surface area contributed by atoms with Crippen molar-refractivity contribution in [3.05, 3.63) is 45.9 Å². The first-order valence-corrected chi connectivity index (χ1v) is 5.09. The number of azo groups is 1. The van der Waals surface area contributed by atoms with Crippen molar-refractivity contribution < 1.29 is 9.90 Å². The number of aromatic carboxylic acids is 1. The molecule has 0 aliphatic carbocycles. The van der Waals surface area contributed by atoms with Crippen LogP contribution in [-0.2, 0) is 0 Å². The van der Waals surface area contributed by atoms with Gasteiger partial charge in [0, 0.05) is 5.56 Å². The average molecular weight is 245 g/mol. The first-order valence-electron chi connectivity index (χ1n) is 5.09. The van der Waals surface area contributed by atoms with Gasteiger partial charge >= 0.3 is 0 Å². The molecule has 18 heavy (non-hydrogen) atoms. The van der Waals surface area contributed by atoms with Crippen molar-refractivity contribution in [3.8, 4) is 0 Å². The van der Waals surface area contributed by atoms with Crippen LogP contribution in [-0.4, -0.2) is 16.2 Å². The van der Waals surface area contributed by atoms with Crippen LogP contribution in [0.1, 0.15) is 16.1 Å². The second-order valence-corrected chi connectivity index (χ2v) is 3.56. The number of aryl methyl sites for hydroxylation is 1. The van der Waals surface area contributed by atoms with E-state index in [0.717, 1.165) is 0 Å². The van der Waals surface area contributed by atoms with Crippen LogP contribution >= 0.6 is 0 Å². The second kappa shape index (κ2) is 4.66. The summed E-state index contributed by atoms with van der Waals surface area (Å²) in [6, 6.07) is 6.01. The Bertz CT molecular complexity index is 669. The van der Waals surface area contributed by atoms with Gasteiger partial charge in [0.2, 0.25) is 0 Å². The number of carboxylic acid groups (broad SMARTS) is 1. The largest absolute Gasteiger partial charge is 0.545 e. The molecule has 1 aromatic carbocycles. The number of aromatic nitrogens is 2. The molecule has 1 aromatic heterocycles. The lowest BCUT2D eigenvalue weighted by Gasteiger charge is -2.04. The molecule has 0 aliphatic heterocycles. The van der Waals surface area contributed by atoms with Crippen molar-refractivity contribution in [3.63, 3.8) is 0 Å². The molecule has 1 heterocycles. The second-order valence-electron chi connectivity index (χ2n) is 3.56. The number of carbonyl (C=O) groups excluding carboxylic acids is 1. The summed E-state index contributed by atoms with van der Waals surface area (Å²) in [5.74, 6) is -1.34. The van der Waals surface area contributed by atoms with Crippen LogP contribution in [0.4, 0.5) is 11.4 Å². The predicted molar refractivity (Wildman–Crippen MR) is 61.1 cm³/mol. The van der Waals surface area contributed by atoms with Crippen molar-refractivity contribution in [1.82, 2.24) is 10.2 Å². The summed E-state index contributed by atoms with van der Waals surface area (Å²) in [6.45, 7) is 1.65. The van der Waals surface area contributed by atoms with Crippen LogP contribution < -0.4 is 10.7 Å². The number of H-pyrrole nitrogens is 2. The highest BCUT2D eigenvalue weighted by molar-refractivity contribution is 5.91. The zero-order chi connectivity index (χ0) is 13.1. The van der Waals surface area contributed by atoms with Gasteiger partial charge in [-0.3, -0.25) is 9.89 Å². The molecule has 0 unspecified atom stereocenters. The Morgan fingerprint density at radius 1 is 1.22 bits per heavy atom. The smallest absolute Gasteiger partial charge is 0.291 e. The van der Waals surface area contributed by atoms with Crippen LogP contribution in [0.25, 0.3) is 0 Å². The van der Waals surface area contributed by atoms with Crippen molar-refractivity contribution >= 4 is 17.3 Å². The van der Waals surface area contributed by atoms with Gasteiger partial charge in [-0.25, -0.2) is 0 Å². The Morgan fingerprint density at radius 2 is 1.94 bits per heavy atom. The number of hydrogen-bond acceptors (Lipinski definition) is 5. The summed E-state index contributed by atoms with van der Waals surface area (Å²) in [7, 11) is 0. The van der Waals surface area contributed by atoms with Gasteiger partial charge in [-0.05, 0) is 13.0 Å². The number of hydrogen-bond donors (Lipinski definition) is 2. The highest BCUT2D eigenvalue weighted by Crippen LogP contribution is 2.21. The molecule has 7 heteroatoms. The van der Waals surface area contributed by atoms with E-state index in [0.29, 0.717) is 5.69 Å². The van der Waals surface area contributed by atoms with E-state index in [2.05, 4.69) is 20.4 Å². The highest BCUT2D eigenvalue weighted by Gasteiger charge is 2.05. The molecule has 0 aliphatic rings. The van der Waals surface area contributed by atoms with E-state index >= 15 is 0 Å². The minimum Gasteiger partial charge on any atom is -0.545 e. The van der Waals surface area contributed by atoms with Gasteiger partial charge in [-0.1, -0.05) is 18.2 Å². The Labute approximate surface area is 101 Å². The third kappa shape index (κ3) is 2.19. The van der Waals surface area contributed by atoms with Crippen molar-refractivity contribution in [2.75, 3.05) is 0 Å². The SMILES string of the molecule is Cc1[nH][nH]c(=O)c1N=Nc1ccccc1C(=O)[O-]. The minimum absolute atomic E-state index is 0.0779. The summed E-state index contributed by atoms with van der Waals surface area (Å²) in [4.78, 5) is 22.1. The topological polar surface area (TPSA) is 114 Å². The molecule has 0 spiro atoms. The summed E-state index contributed by atoms with van der Waals surface area (Å²) < 4.78 is 0. The van der Waals surface area contributed by atoms with Crippen LogP contribution in [0.15, 0.2) is 39.3 Å². The van der Waals surface area contributed by atoms with Gasteiger partial charge in [0.25, 0.3) is 5.56 Å². The number of rotatable bonds is 3. The molecule has 7 nitrogen and oxygen atoms in total.